The Balaban J connectivity index is 1.72. The molecule has 6 heteroatoms. The second kappa shape index (κ2) is 8.44. The summed E-state index contributed by atoms with van der Waals surface area (Å²) in [6, 6.07) is 11.6. The first-order valence-corrected chi connectivity index (χ1v) is 10.3. The number of hydrogen-bond acceptors (Lipinski definition) is 3. The van der Waals surface area contributed by atoms with Crippen molar-refractivity contribution in [2.24, 2.45) is 5.92 Å². The van der Waals surface area contributed by atoms with Crippen LogP contribution < -0.4 is 15.0 Å². The largest absolute Gasteiger partial charge is 0.495 e. The molecule has 1 aliphatic heterocycles. The maximum atomic E-state index is 12.7. The molecule has 26 heavy (non-hydrogen) atoms. The molecule has 0 saturated carbocycles. The van der Waals surface area contributed by atoms with Crippen molar-refractivity contribution < 1.29 is 9.53 Å². The molecule has 1 amide bonds. The van der Waals surface area contributed by atoms with E-state index in [4.69, 9.17) is 4.74 Å². The van der Waals surface area contributed by atoms with E-state index in [0.717, 1.165) is 33.6 Å². The average molecular weight is 482 g/mol. The number of benzene rings is 2. The molecule has 0 unspecified atom stereocenters. The Labute approximate surface area is 171 Å². The summed E-state index contributed by atoms with van der Waals surface area (Å²) in [5, 5.41) is 2.95. The average Bonchev–Trinajstić information content (AvgIpc) is 2.62. The number of hydrogen-bond donors (Lipinski definition) is 1. The lowest BCUT2D eigenvalue weighted by molar-refractivity contribution is 0.102. The maximum absolute atomic E-state index is 12.7. The van der Waals surface area contributed by atoms with E-state index in [1.165, 1.54) is 18.5 Å². The minimum Gasteiger partial charge on any atom is -0.495 e. The van der Waals surface area contributed by atoms with Gasteiger partial charge in [0, 0.05) is 28.9 Å². The van der Waals surface area contributed by atoms with E-state index in [2.05, 4.69) is 61.1 Å². The molecule has 138 valence electrons. The van der Waals surface area contributed by atoms with Crippen molar-refractivity contribution in [1.82, 2.24) is 0 Å². The zero-order chi connectivity index (χ0) is 18.7. The van der Waals surface area contributed by atoms with E-state index in [0.29, 0.717) is 11.3 Å². The second-order valence-electron chi connectivity index (χ2n) is 6.64. The number of halogens is 2. The number of ether oxygens (including phenoxy) is 1. The first-order chi connectivity index (χ1) is 12.5. The van der Waals surface area contributed by atoms with Crippen LogP contribution in [0.5, 0.6) is 5.75 Å². The fraction of sp³-hybridized carbons (Fsp3) is 0.350. The van der Waals surface area contributed by atoms with Gasteiger partial charge in [-0.1, -0.05) is 22.9 Å². The van der Waals surface area contributed by atoms with Crippen LogP contribution in [0, 0.1) is 5.92 Å². The zero-order valence-corrected chi connectivity index (χ0v) is 18.1. The molecule has 0 radical (unpaired) electrons. The topological polar surface area (TPSA) is 41.6 Å². The monoisotopic (exact) mass is 480 g/mol. The highest BCUT2D eigenvalue weighted by Crippen LogP contribution is 2.33. The number of carbonyl (C=O) groups excluding carboxylic acids is 1. The van der Waals surface area contributed by atoms with Crippen LogP contribution >= 0.6 is 31.9 Å². The molecule has 0 atom stereocenters. The van der Waals surface area contributed by atoms with Gasteiger partial charge in [-0.3, -0.25) is 4.79 Å². The molecule has 3 rings (SSSR count). The van der Waals surface area contributed by atoms with Crippen LogP contribution in [0.1, 0.15) is 30.1 Å². The normalized spacial score (nSPS) is 15.0. The number of rotatable bonds is 4. The Bertz CT molecular complexity index is 785. The van der Waals surface area contributed by atoms with E-state index in [1.807, 2.05) is 18.2 Å². The minimum atomic E-state index is -0.205. The molecule has 1 fully saturated rings. The highest BCUT2D eigenvalue weighted by atomic mass is 79.9. The van der Waals surface area contributed by atoms with E-state index in [9.17, 15) is 4.79 Å². The summed E-state index contributed by atoms with van der Waals surface area (Å²) in [4.78, 5) is 15.1. The number of anilines is 2. The number of nitrogens with zero attached hydrogens (tertiary/aromatic N) is 1. The van der Waals surface area contributed by atoms with Crippen molar-refractivity contribution in [3.63, 3.8) is 0 Å². The van der Waals surface area contributed by atoms with Gasteiger partial charge in [0.25, 0.3) is 5.91 Å². The van der Waals surface area contributed by atoms with Gasteiger partial charge in [-0.15, -0.1) is 0 Å². The first kappa shape index (κ1) is 19.2. The van der Waals surface area contributed by atoms with E-state index in [1.54, 1.807) is 13.2 Å². The van der Waals surface area contributed by atoms with Gasteiger partial charge in [0.2, 0.25) is 0 Å². The lowest BCUT2D eigenvalue weighted by atomic mass is 9.99. The number of piperidine rings is 1. The zero-order valence-electron chi connectivity index (χ0n) is 14.9. The van der Waals surface area contributed by atoms with Gasteiger partial charge in [-0.25, -0.2) is 0 Å². The van der Waals surface area contributed by atoms with Crippen molar-refractivity contribution >= 4 is 49.1 Å². The van der Waals surface area contributed by atoms with Gasteiger partial charge in [-0.2, -0.15) is 0 Å². The van der Waals surface area contributed by atoms with Crippen LogP contribution in [-0.4, -0.2) is 26.1 Å². The SMILES string of the molecule is COc1c(Br)cc(Br)cc1C(=O)Nc1ccc(N2CCC(C)CC2)cc1. The van der Waals surface area contributed by atoms with E-state index in [-0.39, 0.29) is 5.91 Å². The number of carbonyl (C=O) groups is 1. The smallest absolute Gasteiger partial charge is 0.259 e. The Hall–Kier alpha value is -1.53. The summed E-state index contributed by atoms with van der Waals surface area (Å²) < 4.78 is 6.90. The van der Waals surface area contributed by atoms with Crippen molar-refractivity contribution in [1.29, 1.82) is 0 Å². The molecule has 1 N–H and O–H groups in total. The third kappa shape index (κ3) is 4.41. The van der Waals surface area contributed by atoms with Crippen molar-refractivity contribution in [3.05, 3.63) is 50.9 Å². The third-order valence-corrected chi connectivity index (χ3v) is 5.78. The second-order valence-corrected chi connectivity index (χ2v) is 8.41. The van der Waals surface area contributed by atoms with Crippen molar-refractivity contribution in [2.75, 3.05) is 30.4 Å². The molecule has 1 saturated heterocycles. The molecule has 0 spiro atoms. The van der Waals surface area contributed by atoms with E-state index >= 15 is 0 Å². The number of amides is 1. The molecule has 1 aliphatic rings. The van der Waals surface area contributed by atoms with Gasteiger partial charge in [0.1, 0.15) is 5.75 Å². The molecular formula is C20H22Br2N2O2. The molecule has 2 aromatic carbocycles. The van der Waals surface area contributed by atoms with Crippen LogP contribution in [0.4, 0.5) is 11.4 Å². The fourth-order valence-corrected chi connectivity index (χ4v) is 4.54. The summed E-state index contributed by atoms with van der Waals surface area (Å²) >= 11 is 6.85. The van der Waals surface area contributed by atoms with Gasteiger partial charge in [-0.05, 0) is 71.1 Å². The van der Waals surface area contributed by atoms with Crippen LogP contribution in [0.2, 0.25) is 0 Å². The molecule has 4 nitrogen and oxygen atoms in total. The summed E-state index contributed by atoms with van der Waals surface area (Å²) in [5.41, 5.74) is 2.45. The summed E-state index contributed by atoms with van der Waals surface area (Å²) in [6.07, 6.45) is 2.46. The fourth-order valence-electron chi connectivity index (χ4n) is 3.16. The summed E-state index contributed by atoms with van der Waals surface area (Å²) in [5.74, 6) is 1.12. The Morgan fingerprint density at radius 1 is 1.15 bits per heavy atom. The highest BCUT2D eigenvalue weighted by molar-refractivity contribution is 9.11. The van der Waals surface area contributed by atoms with Gasteiger partial charge < -0.3 is 15.0 Å². The van der Waals surface area contributed by atoms with Crippen LogP contribution in [0.15, 0.2) is 45.3 Å². The predicted octanol–water partition coefficient (Wildman–Crippen LogP) is 5.71. The Morgan fingerprint density at radius 2 is 1.81 bits per heavy atom. The minimum absolute atomic E-state index is 0.205. The molecule has 0 bridgehead atoms. The number of nitrogens with one attached hydrogen (secondary N) is 1. The quantitative estimate of drug-likeness (QED) is 0.608. The van der Waals surface area contributed by atoms with Crippen molar-refractivity contribution in [3.8, 4) is 5.75 Å². The lowest BCUT2D eigenvalue weighted by Gasteiger charge is -2.32. The molecule has 0 aliphatic carbocycles. The first-order valence-electron chi connectivity index (χ1n) is 8.67. The molecular weight excluding hydrogens is 460 g/mol. The third-order valence-electron chi connectivity index (χ3n) is 4.73. The van der Waals surface area contributed by atoms with E-state index < -0.39 is 0 Å². The standard InChI is InChI=1S/C20H22Br2N2O2/c1-13-7-9-24(10-8-13)16-5-3-15(4-6-16)23-20(25)17-11-14(21)12-18(22)19(17)26-2/h3-6,11-13H,7-10H2,1-2H3,(H,23,25). The van der Waals surface area contributed by atoms with Crippen LogP contribution in [-0.2, 0) is 0 Å². The Kier molecular flexibility index (Phi) is 6.24. The van der Waals surface area contributed by atoms with Crippen LogP contribution in [0.3, 0.4) is 0 Å². The lowest BCUT2D eigenvalue weighted by Crippen LogP contribution is -2.32. The predicted molar refractivity (Wildman–Crippen MR) is 113 cm³/mol. The molecule has 2 aromatic rings. The van der Waals surface area contributed by atoms with Gasteiger partial charge >= 0.3 is 0 Å². The molecule has 0 aromatic heterocycles. The van der Waals surface area contributed by atoms with Crippen molar-refractivity contribution in [2.45, 2.75) is 19.8 Å². The Morgan fingerprint density at radius 3 is 2.42 bits per heavy atom. The van der Waals surface area contributed by atoms with Gasteiger partial charge in [0.05, 0.1) is 17.1 Å². The maximum Gasteiger partial charge on any atom is 0.259 e. The summed E-state index contributed by atoms with van der Waals surface area (Å²) in [6.45, 7) is 4.50. The van der Waals surface area contributed by atoms with Gasteiger partial charge in [0.15, 0.2) is 0 Å². The van der Waals surface area contributed by atoms with Crippen LogP contribution in [0.25, 0.3) is 0 Å². The summed E-state index contributed by atoms with van der Waals surface area (Å²) in [7, 11) is 1.55. The molecule has 1 heterocycles. The highest BCUT2D eigenvalue weighted by Gasteiger charge is 2.18. The number of methoxy groups -OCH3 is 1.